The van der Waals surface area contributed by atoms with Crippen molar-refractivity contribution in [3.63, 3.8) is 0 Å². The van der Waals surface area contributed by atoms with Gasteiger partial charge in [0.2, 0.25) is 0 Å². The highest BCUT2D eigenvalue weighted by Crippen LogP contribution is 2.39. The SMILES string of the molecule is CCC[C@]1(C)O[C@H]1CO. The second kappa shape index (κ2) is 2.27. The first-order valence-corrected chi connectivity index (χ1v) is 3.51. The maximum Gasteiger partial charge on any atom is 0.110 e. The molecule has 0 amide bonds. The lowest BCUT2D eigenvalue weighted by molar-refractivity contribution is 0.235. The van der Waals surface area contributed by atoms with Gasteiger partial charge in [0.05, 0.1) is 12.2 Å². The van der Waals surface area contributed by atoms with Gasteiger partial charge in [0.1, 0.15) is 6.10 Å². The molecule has 0 aliphatic carbocycles. The molecule has 1 rings (SSSR count). The summed E-state index contributed by atoms with van der Waals surface area (Å²) >= 11 is 0. The third-order valence-electron chi connectivity index (χ3n) is 1.95. The highest BCUT2D eigenvalue weighted by molar-refractivity contribution is 4.97. The molecule has 0 radical (unpaired) electrons. The molecule has 1 fully saturated rings. The van der Waals surface area contributed by atoms with Crippen molar-refractivity contribution in [1.82, 2.24) is 0 Å². The lowest BCUT2D eigenvalue weighted by atomic mass is 10.0. The number of epoxide rings is 1. The molecule has 0 unspecified atom stereocenters. The molecule has 2 heteroatoms. The average Bonchev–Trinajstić information content (AvgIpc) is 2.43. The monoisotopic (exact) mass is 130 g/mol. The zero-order valence-electron chi connectivity index (χ0n) is 6.05. The van der Waals surface area contributed by atoms with E-state index in [1.165, 1.54) is 0 Å². The highest BCUT2D eigenvalue weighted by atomic mass is 16.6. The third-order valence-corrected chi connectivity index (χ3v) is 1.95. The maximum absolute atomic E-state index is 8.64. The van der Waals surface area contributed by atoms with E-state index in [4.69, 9.17) is 9.84 Å². The summed E-state index contributed by atoms with van der Waals surface area (Å²) in [7, 11) is 0. The van der Waals surface area contributed by atoms with Crippen LogP contribution in [0, 0.1) is 0 Å². The van der Waals surface area contributed by atoms with Gasteiger partial charge in [-0.3, -0.25) is 0 Å². The van der Waals surface area contributed by atoms with Gasteiger partial charge in [-0.05, 0) is 13.3 Å². The highest BCUT2D eigenvalue weighted by Gasteiger charge is 2.50. The lowest BCUT2D eigenvalue weighted by Crippen LogP contribution is -2.11. The van der Waals surface area contributed by atoms with Gasteiger partial charge < -0.3 is 9.84 Å². The Morgan fingerprint density at radius 1 is 1.67 bits per heavy atom. The van der Waals surface area contributed by atoms with Crippen molar-refractivity contribution in [1.29, 1.82) is 0 Å². The second-order valence-corrected chi connectivity index (χ2v) is 2.85. The number of hydrogen-bond donors (Lipinski definition) is 1. The Morgan fingerprint density at radius 3 is 2.67 bits per heavy atom. The van der Waals surface area contributed by atoms with E-state index < -0.39 is 0 Å². The van der Waals surface area contributed by atoms with E-state index >= 15 is 0 Å². The van der Waals surface area contributed by atoms with E-state index in [1.54, 1.807) is 0 Å². The molecule has 1 N–H and O–H groups in total. The third kappa shape index (κ3) is 1.25. The molecule has 2 atom stereocenters. The predicted molar refractivity (Wildman–Crippen MR) is 35.3 cm³/mol. The first-order valence-electron chi connectivity index (χ1n) is 3.51. The van der Waals surface area contributed by atoms with Crippen molar-refractivity contribution in [2.75, 3.05) is 6.61 Å². The van der Waals surface area contributed by atoms with Crippen molar-refractivity contribution in [3.8, 4) is 0 Å². The fourth-order valence-corrected chi connectivity index (χ4v) is 1.24. The van der Waals surface area contributed by atoms with E-state index in [0.29, 0.717) is 0 Å². The number of aliphatic hydroxyl groups is 1. The van der Waals surface area contributed by atoms with E-state index in [9.17, 15) is 0 Å². The Hall–Kier alpha value is -0.0800. The van der Waals surface area contributed by atoms with Crippen LogP contribution >= 0.6 is 0 Å². The standard InChI is InChI=1S/C7H14O2/c1-3-4-7(2)6(5-8)9-7/h6,8H,3-5H2,1-2H3/t6-,7-/m0/s1. The van der Waals surface area contributed by atoms with Crippen LogP contribution in [0.2, 0.25) is 0 Å². The maximum atomic E-state index is 8.64. The fraction of sp³-hybridized carbons (Fsp3) is 1.00. The summed E-state index contributed by atoms with van der Waals surface area (Å²) in [6.07, 6.45) is 2.32. The van der Waals surface area contributed by atoms with Gasteiger partial charge in [0.25, 0.3) is 0 Å². The quantitative estimate of drug-likeness (QED) is 0.576. The smallest absolute Gasteiger partial charge is 0.110 e. The molecule has 0 spiro atoms. The topological polar surface area (TPSA) is 32.8 Å². The number of hydrogen-bond acceptors (Lipinski definition) is 2. The molecule has 0 aromatic carbocycles. The molecule has 1 saturated heterocycles. The van der Waals surface area contributed by atoms with Crippen LogP contribution in [0.1, 0.15) is 26.7 Å². The minimum absolute atomic E-state index is 0.0174. The summed E-state index contributed by atoms with van der Waals surface area (Å²) in [5, 5.41) is 8.64. The lowest BCUT2D eigenvalue weighted by Gasteiger charge is -2.00. The van der Waals surface area contributed by atoms with Crippen molar-refractivity contribution in [2.45, 2.75) is 38.4 Å². The molecule has 2 nitrogen and oxygen atoms in total. The fourth-order valence-electron chi connectivity index (χ4n) is 1.24. The molecular formula is C7H14O2. The van der Waals surface area contributed by atoms with Crippen LogP contribution in [0.3, 0.4) is 0 Å². The molecule has 0 bridgehead atoms. The predicted octanol–water partition coefficient (Wildman–Crippen LogP) is 0.936. The normalized spacial score (nSPS) is 41.0. The molecule has 0 aromatic heterocycles. The largest absolute Gasteiger partial charge is 0.394 e. The van der Waals surface area contributed by atoms with Crippen molar-refractivity contribution < 1.29 is 9.84 Å². The molecule has 1 heterocycles. The summed E-state index contributed by atoms with van der Waals surface area (Å²) in [6, 6.07) is 0. The van der Waals surface area contributed by atoms with Gasteiger partial charge in [-0.1, -0.05) is 13.3 Å². The summed E-state index contributed by atoms with van der Waals surface area (Å²) in [5.74, 6) is 0. The summed E-state index contributed by atoms with van der Waals surface area (Å²) in [5.41, 5.74) is 0.0174. The van der Waals surface area contributed by atoms with Crippen LogP contribution in [0.5, 0.6) is 0 Å². The van der Waals surface area contributed by atoms with E-state index in [-0.39, 0.29) is 18.3 Å². The number of rotatable bonds is 3. The zero-order valence-corrected chi connectivity index (χ0v) is 6.05. The molecule has 1 aliphatic rings. The van der Waals surface area contributed by atoms with Gasteiger partial charge in [-0.2, -0.15) is 0 Å². The average molecular weight is 130 g/mol. The van der Waals surface area contributed by atoms with Crippen LogP contribution in [0.15, 0.2) is 0 Å². The first-order chi connectivity index (χ1) is 4.23. The van der Waals surface area contributed by atoms with Crippen molar-refractivity contribution in [3.05, 3.63) is 0 Å². The molecule has 9 heavy (non-hydrogen) atoms. The molecular weight excluding hydrogens is 116 g/mol. The number of aliphatic hydroxyl groups excluding tert-OH is 1. The molecule has 1 aliphatic heterocycles. The zero-order chi connectivity index (χ0) is 6.91. The molecule has 54 valence electrons. The minimum atomic E-state index is 0.0174. The van der Waals surface area contributed by atoms with E-state index in [1.807, 2.05) is 0 Å². The van der Waals surface area contributed by atoms with Crippen LogP contribution in [0.4, 0.5) is 0 Å². The molecule has 0 saturated carbocycles. The van der Waals surface area contributed by atoms with Gasteiger partial charge >= 0.3 is 0 Å². The van der Waals surface area contributed by atoms with Gasteiger partial charge in [-0.25, -0.2) is 0 Å². The van der Waals surface area contributed by atoms with Crippen molar-refractivity contribution in [2.24, 2.45) is 0 Å². The first kappa shape index (κ1) is 7.03. The van der Waals surface area contributed by atoms with Crippen LogP contribution in [-0.4, -0.2) is 23.4 Å². The Bertz CT molecular complexity index is 103. The van der Waals surface area contributed by atoms with Crippen LogP contribution in [-0.2, 0) is 4.74 Å². The Balaban J connectivity index is 2.25. The summed E-state index contributed by atoms with van der Waals surface area (Å²) < 4.78 is 5.24. The number of ether oxygens (including phenoxy) is 1. The second-order valence-electron chi connectivity index (χ2n) is 2.85. The van der Waals surface area contributed by atoms with Gasteiger partial charge in [0.15, 0.2) is 0 Å². The van der Waals surface area contributed by atoms with Crippen LogP contribution in [0.25, 0.3) is 0 Å². The van der Waals surface area contributed by atoms with Gasteiger partial charge in [0, 0.05) is 0 Å². The van der Waals surface area contributed by atoms with Gasteiger partial charge in [-0.15, -0.1) is 0 Å². The molecule has 0 aromatic rings. The summed E-state index contributed by atoms with van der Waals surface area (Å²) in [6.45, 7) is 4.36. The Morgan fingerprint density at radius 2 is 2.33 bits per heavy atom. The Labute approximate surface area is 55.8 Å². The Kier molecular flexibility index (Phi) is 1.78. The van der Waals surface area contributed by atoms with E-state index in [0.717, 1.165) is 12.8 Å². The minimum Gasteiger partial charge on any atom is -0.394 e. The van der Waals surface area contributed by atoms with Crippen LogP contribution < -0.4 is 0 Å². The summed E-state index contributed by atoms with van der Waals surface area (Å²) in [4.78, 5) is 0. The van der Waals surface area contributed by atoms with Crippen molar-refractivity contribution >= 4 is 0 Å². The van der Waals surface area contributed by atoms with E-state index in [2.05, 4.69) is 13.8 Å².